The average Bonchev–Trinajstić information content (AvgIpc) is 2.77. The molecular weight excluding hydrogens is 441 g/mol. The van der Waals surface area contributed by atoms with E-state index in [2.05, 4.69) is 15.6 Å². The summed E-state index contributed by atoms with van der Waals surface area (Å²) in [6.45, 7) is 1.48. The predicted molar refractivity (Wildman–Crippen MR) is 117 cm³/mol. The molecule has 1 aromatic heterocycles. The van der Waals surface area contributed by atoms with Gasteiger partial charge < -0.3 is 4.74 Å². The Balaban J connectivity index is 1.94. The number of hydrazone groups is 1. The summed E-state index contributed by atoms with van der Waals surface area (Å²) in [4.78, 5) is 25.3. The van der Waals surface area contributed by atoms with Gasteiger partial charge in [0.1, 0.15) is 17.4 Å². The molecule has 0 aliphatic heterocycles. The lowest BCUT2D eigenvalue weighted by molar-refractivity contribution is 0.0947. The smallest absolute Gasteiger partial charge is 0.292 e. The van der Waals surface area contributed by atoms with Crippen LogP contribution < -0.4 is 15.7 Å². The van der Waals surface area contributed by atoms with Gasteiger partial charge in [-0.25, -0.2) is 5.43 Å². The van der Waals surface area contributed by atoms with E-state index in [0.29, 0.717) is 27.0 Å². The highest BCUT2D eigenvalue weighted by Crippen LogP contribution is 2.21. The number of amides is 1. The second-order valence-corrected chi connectivity index (χ2v) is 7.06. The maximum absolute atomic E-state index is 12.7. The summed E-state index contributed by atoms with van der Waals surface area (Å²) in [5.41, 5.74) is 2.53. The van der Waals surface area contributed by atoms with Crippen LogP contribution >= 0.6 is 23.2 Å². The highest BCUT2D eigenvalue weighted by molar-refractivity contribution is 6.42. The number of carbonyl (C=O) groups excluding carboxylic acids is 1. The topological polar surface area (TPSA) is 109 Å². The molecule has 0 radical (unpaired) electrons. The Kier molecular flexibility index (Phi) is 6.70. The molecule has 0 atom stereocenters. The monoisotopic (exact) mass is 455 g/mol. The number of carbonyl (C=O) groups is 1. The number of nitrogens with zero attached hydrogens (tertiary/aromatic N) is 4. The van der Waals surface area contributed by atoms with Crippen molar-refractivity contribution in [3.05, 3.63) is 85.2 Å². The van der Waals surface area contributed by atoms with Gasteiger partial charge in [0.25, 0.3) is 11.5 Å². The van der Waals surface area contributed by atoms with Gasteiger partial charge in [-0.3, -0.25) is 9.59 Å². The molecule has 0 aliphatic rings. The molecule has 3 rings (SSSR count). The zero-order valence-corrected chi connectivity index (χ0v) is 17.9. The molecule has 1 amide bonds. The largest absolute Gasteiger partial charge is 0.497 e. The SMILES string of the molecule is COc1ccc(-n2nc(C(=O)N/N=C\c3ccc(Cl)c(Cl)c3)c(C)c(C#N)c2=O)cc1. The lowest BCUT2D eigenvalue weighted by Gasteiger charge is -2.11. The number of rotatable bonds is 5. The van der Waals surface area contributed by atoms with Gasteiger partial charge in [-0.2, -0.15) is 20.1 Å². The van der Waals surface area contributed by atoms with Crippen molar-refractivity contribution in [1.82, 2.24) is 15.2 Å². The fraction of sp³-hybridized carbons (Fsp3) is 0.0952. The Hall–Kier alpha value is -3.67. The zero-order valence-electron chi connectivity index (χ0n) is 16.4. The molecule has 31 heavy (non-hydrogen) atoms. The van der Waals surface area contributed by atoms with Gasteiger partial charge in [-0.05, 0) is 48.9 Å². The van der Waals surface area contributed by atoms with E-state index >= 15 is 0 Å². The third-order valence-corrected chi connectivity index (χ3v) is 5.04. The molecule has 8 nitrogen and oxygen atoms in total. The Morgan fingerprint density at radius 3 is 2.55 bits per heavy atom. The van der Waals surface area contributed by atoms with E-state index < -0.39 is 11.5 Å². The van der Waals surface area contributed by atoms with E-state index in [1.165, 1.54) is 20.2 Å². The first-order valence-corrected chi connectivity index (χ1v) is 9.58. The number of benzene rings is 2. The van der Waals surface area contributed by atoms with Crippen molar-refractivity contribution in [1.29, 1.82) is 5.26 Å². The highest BCUT2D eigenvalue weighted by Gasteiger charge is 2.20. The van der Waals surface area contributed by atoms with E-state index in [0.717, 1.165) is 4.68 Å². The van der Waals surface area contributed by atoms with Crippen LogP contribution in [0.4, 0.5) is 0 Å². The number of nitrogens with one attached hydrogen (secondary N) is 1. The number of methoxy groups -OCH3 is 1. The number of aromatic nitrogens is 2. The van der Waals surface area contributed by atoms with Crippen molar-refractivity contribution in [2.24, 2.45) is 5.10 Å². The van der Waals surface area contributed by atoms with Gasteiger partial charge in [0.05, 0.1) is 29.1 Å². The van der Waals surface area contributed by atoms with Gasteiger partial charge in [0.15, 0.2) is 5.69 Å². The fourth-order valence-corrected chi connectivity index (χ4v) is 2.97. The summed E-state index contributed by atoms with van der Waals surface area (Å²) in [6, 6.07) is 13.2. The molecule has 1 N–H and O–H groups in total. The van der Waals surface area contributed by atoms with Crippen LogP contribution in [0.5, 0.6) is 5.75 Å². The lowest BCUT2D eigenvalue weighted by Crippen LogP contribution is -2.31. The van der Waals surface area contributed by atoms with Crippen LogP contribution in [0.2, 0.25) is 10.0 Å². The second-order valence-electron chi connectivity index (χ2n) is 6.25. The molecule has 0 unspecified atom stereocenters. The van der Waals surface area contributed by atoms with Gasteiger partial charge in [0, 0.05) is 5.56 Å². The van der Waals surface area contributed by atoms with Crippen molar-refractivity contribution in [2.45, 2.75) is 6.92 Å². The van der Waals surface area contributed by atoms with Crippen LogP contribution in [0.15, 0.2) is 52.4 Å². The van der Waals surface area contributed by atoms with Crippen molar-refractivity contribution < 1.29 is 9.53 Å². The zero-order chi connectivity index (χ0) is 22.5. The Morgan fingerprint density at radius 2 is 1.94 bits per heavy atom. The van der Waals surface area contributed by atoms with E-state index in [1.54, 1.807) is 42.5 Å². The molecule has 0 spiro atoms. The van der Waals surface area contributed by atoms with Crippen LogP contribution in [0.3, 0.4) is 0 Å². The molecule has 2 aromatic carbocycles. The molecular formula is C21H15Cl2N5O3. The number of ether oxygens (including phenoxy) is 1. The van der Waals surface area contributed by atoms with Crippen molar-refractivity contribution in [3.8, 4) is 17.5 Å². The van der Waals surface area contributed by atoms with Gasteiger partial charge in [0.2, 0.25) is 0 Å². The second kappa shape index (κ2) is 9.43. The van der Waals surface area contributed by atoms with E-state index in [4.69, 9.17) is 27.9 Å². The first kappa shape index (κ1) is 22.0. The number of nitriles is 1. The molecule has 1 heterocycles. The maximum atomic E-state index is 12.7. The van der Waals surface area contributed by atoms with Crippen LogP contribution in [0, 0.1) is 18.3 Å². The van der Waals surface area contributed by atoms with Crippen molar-refractivity contribution in [2.75, 3.05) is 7.11 Å². The predicted octanol–water partition coefficient (Wildman–Crippen LogP) is 3.49. The Bertz CT molecular complexity index is 1280. The Morgan fingerprint density at radius 1 is 1.23 bits per heavy atom. The van der Waals surface area contributed by atoms with Gasteiger partial charge in [-0.15, -0.1) is 0 Å². The fourth-order valence-electron chi connectivity index (χ4n) is 2.66. The van der Waals surface area contributed by atoms with Crippen LogP contribution in [0.1, 0.15) is 27.2 Å². The average molecular weight is 456 g/mol. The summed E-state index contributed by atoms with van der Waals surface area (Å²) in [5.74, 6) is -0.105. The van der Waals surface area contributed by atoms with Gasteiger partial charge in [-0.1, -0.05) is 29.3 Å². The third-order valence-electron chi connectivity index (χ3n) is 4.30. The molecule has 0 saturated heterocycles. The van der Waals surface area contributed by atoms with E-state index in [9.17, 15) is 14.9 Å². The minimum atomic E-state index is -0.687. The highest BCUT2D eigenvalue weighted by atomic mass is 35.5. The molecule has 0 aliphatic carbocycles. The van der Waals surface area contributed by atoms with Crippen LogP contribution in [0.25, 0.3) is 5.69 Å². The molecule has 0 fully saturated rings. The van der Waals surface area contributed by atoms with Crippen LogP contribution in [-0.4, -0.2) is 29.0 Å². The quantitative estimate of drug-likeness (QED) is 0.467. The number of hydrogen-bond acceptors (Lipinski definition) is 6. The lowest BCUT2D eigenvalue weighted by atomic mass is 10.1. The standard InChI is InChI=1S/C21H15Cl2N5O3/c1-12-16(10-24)21(30)28(14-4-6-15(31-2)7-5-14)27-19(12)20(29)26-25-11-13-3-8-17(22)18(23)9-13/h3-9,11H,1-2H3,(H,26,29)/b25-11-. The first-order valence-electron chi connectivity index (χ1n) is 8.82. The number of hydrogen-bond donors (Lipinski definition) is 1. The Labute approximate surface area is 187 Å². The van der Waals surface area contributed by atoms with E-state index in [1.807, 2.05) is 6.07 Å². The van der Waals surface area contributed by atoms with Crippen LogP contribution in [-0.2, 0) is 0 Å². The molecule has 0 bridgehead atoms. The molecule has 156 valence electrons. The van der Waals surface area contributed by atoms with E-state index in [-0.39, 0.29) is 16.8 Å². The van der Waals surface area contributed by atoms with Crippen molar-refractivity contribution >= 4 is 35.3 Å². The van der Waals surface area contributed by atoms with Crippen molar-refractivity contribution in [3.63, 3.8) is 0 Å². The summed E-state index contributed by atoms with van der Waals surface area (Å²) >= 11 is 11.8. The summed E-state index contributed by atoms with van der Waals surface area (Å²) in [5, 5.41) is 18.2. The normalized spacial score (nSPS) is 10.7. The summed E-state index contributed by atoms with van der Waals surface area (Å²) < 4.78 is 6.09. The first-order chi connectivity index (χ1) is 14.8. The molecule has 0 saturated carbocycles. The third kappa shape index (κ3) is 4.74. The number of halogens is 2. The molecule has 10 heteroatoms. The maximum Gasteiger partial charge on any atom is 0.292 e. The van der Waals surface area contributed by atoms with Gasteiger partial charge >= 0.3 is 0 Å². The molecule has 3 aromatic rings. The summed E-state index contributed by atoms with van der Waals surface area (Å²) in [7, 11) is 1.51. The minimum absolute atomic E-state index is 0.113. The summed E-state index contributed by atoms with van der Waals surface area (Å²) in [6.07, 6.45) is 1.38. The minimum Gasteiger partial charge on any atom is -0.497 e.